The van der Waals surface area contributed by atoms with Gasteiger partial charge in [0.2, 0.25) is 0 Å². The van der Waals surface area contributed by atoms with Crippen molar-refractivity contribution in [2.75, 3.05) is 24.3 Å². The van der Waals surface area contributed by atoms with Crippen LogP contribution >= 0.6 is 11.3 Å². The lowest BCUT2D eigenvalue weighted by Crippen LogP contribution is -2.14. The van der Waals surface area contributed by atoms with E-state index in [1.54, 1.807) is 18.2 Å². The molecule has 3 rings (SSSR count). The smallest absolute Gasteiger partial charge is 0.257 e. The number of nitrogens with one attached hydrogen (secondary N) is 1. The van der Waals surface area contributed by atoms with E-state index in [1.165, 1.54) is 17.4 Å². The van der Waals surface area contributed by atoms with Crippen LogP contribution in [0.15, 0.2) is 48.5 Å². The minimum absolute atomic E-state index is 0.208. The number of hydrogen-bond acceptors (Lipinski definition) is 4. The van der Waals surface area contributed by atoms with Gasteiger partial charge in [-0.3, -0.25) is 10.1 Å². The molecule has 0 unspecified atom stereocenters. The van der Waals surface area contributed by atoms with Gasteiger partial charge in [-0.05, 0) is 36.8 Å². The van der Waals surface area contributed by atoms with Gasteiger partial charge in [0.05, 0.1) is 5.69 Å². The molecule has 134 valence electrons. The van der Waals surface area contributed by atoms with Gasteiger partial charge in [-0.1, -0.05) is 24.3 Å². The van der Waals surface area contributed by atoms with Crippen LogP contribution in [0.4, 0.5) is 15.2 Å². The van der Waals surface area contributed by atoms with Crippen molar-refractivity contribution in [1.82, 2.24) is 4.98 Å². The molecule has 0 aliphatic rings. The largest absolute Gasteiger partial charge is 0.378 e. The van der Waals surface area contributed by atoms with E-state index in [2.05, 4.69) is 10.3 Å². The number of halogens is 1. The van der Waals surface area contributed by atoms with Crippen molar-refractivity contribution in [2.45, 2.75) is 13.3 Å². The van der Waals surface area contributed by atoms with Crippen molar-refractivity contribution in [1.29, 1.82) is 0 Å². The quantitative estimate of drug-likeness (QED) is 0.720. The first-order chi connectivity index (χ1) is 12.4. The number of amides is 1. The lowest BCUT2D eigenvalue weighted by Gasteiger charge is -2.13. The number of carbonyl (C=O) groups excluding carboxylic acids is 1. The summed E-state index contributed by atoms with van der Waals surface area (Å²) in [5, 5.41) is 3.36. The van der Waals surface area contributed by atoms with E-state index >= 15 is 0 Å². The molecule has 0 spiro atoms. The molecular formula is C20H20FN3OS. The van der Waals surface area contributed by atoms with Gasteiger partial charge in [0.25, 0.3) is 5.91 Å². The predicted molar refractivity (Wildman–Crippen MR) is 105 cm³/mol. The van der Waals surface area contributed by atoms with E-state index in [-0.39, 0.29) is 11.7 Å². The predicted octanol–water partition coefficient (Wildman–Crippen LogP) is 4.50. The second-order valence-electron chi connectivity index (χ2n) is 6.19. The summed E-state index contributed by atoms with van der Waals surface area (Å²) in [6, 6.07) is 14.1. The molecular weight excluding hydrogens is 349 g/mol. The standard InChI is InChI=1S/C20H20FN3OS/c1-13-18(12-14-7-4-5-10-17(14)21)26-20(22-13)23-19(25)15-8-6-9-16(11-15)24(2)3/h4-11H,12H2,1-3H3,(H,22,23,25). The number of aryl methyl sites for hydroxylation is 1. The van der Waals surface area contributed by atoms with E-state index < -0.39 is 0 Å². The fourth-order valence-corrected chi connectivity index (χ4v) is 3.54. The van der Waals surface area contributed by atoms with E-state index in [1.807, 2.05) is 50.2 Å². The van der Waals surface area contributed by atoms with Crippen LogP contribution < -0.4 is 10.2 Å². The maximum Gasteiger partial charge on any atom is 0.257 e. The lowest BCUT2D eigenvalue weighted by molar-refractivity contribution is 0.102. The van der Waals surface area contributed by atoms with Crippen LogP contribution in [-0.4, -0.2) is 25.0 Å². The third kappa shape index (κ3) is 4.08. The van der Waals surface area contributed by atoms with E-state index in [4.69, 9.17) is 0 Å². The number of nitrogens with zero attached hydrogens (tertiary/aromatic N) is 2. The van der Waals surface area contributed by atoms with Gasteiger partial charge >= 0.3 is 0 Å². The van der Waals surface area contributed by atoms with Crippen LogP contribution in [0.2, 0.25) is 0 Å². The number of anilines is 2. The van der Waals surface area contributed by atoms with Crippen LogP contribution in [0.5, 0.6) is 0 Å². The van der Waals surface area contributed by atoms with E-state index in [0.29, 0.717) is 22.7 Å². The summed E-state index contributed by atoms with van der Waals surface area (Å²) in [4.78, 5) is 19.8. The van der Waals surface area contributed by atoms with Crippen molar-refractivity contribution in [3.05, 3.63) is 76.0 Å². The number of benzene rings is 2. The summed E-state index contributed by atoms with van der Waals surface area (Å²) in [6.07, 6.45) is 0.460. The summed E-state index contributed by atoms with van der Waals surface area (Å²) in [5.74, 6) is -0.439. The van der Waals surface area contributed by atoms with Crippen molar-refractivity contribution in [3.63, 3.8) is 0 Å². The molecule has 3 aromatic rings. The Kier molecular flexibility index (Phi) is 5.32. The monoisotopic (exact) mass is 369 g/mol. The summed E-state index contributed by atoms with van der Waals surface area (Å²) >= 11 is 1.38. The highest BCUT2D eigenvalue weighted by Gasteiger charge is 2.14. The lowest BCUT2D eigenvalue weighted by atomic mass is 10.1. The highest BCUT2D eigenvalue weighted by atomic mass is 32.1. The number of carbonyl (C=O) groups is 1. The minimum Gasteiger partial charge on any atom is -0.378 e. The van der Waals surface area contributed by atoms with Crippen molar-refractivity contribution in [2.24, 2.45) is 0 Å². The van der Waals surface area contributed by atoms with Gasteiger partial charge < -0.3 is 4.90 Å². The molecule has 1 N–H and O–H groups in total. The summed E-state index contributed by atoms with van der Waals surface area (Å²) in [6.45, 7) is 1.87. The number of thiazole rings is 1. The minimum atomic E-state index is -0.230. The molecule has 0 bridgehead atoms. The van der Waals surface area contributed by atoms with Crippen LogP contribution in [-0.2, 0) is 6.42 Å². The zero-order chi connectivity index (χ0) is 18.7. The Balaban J connectivity index is 1.76. The number of aromatic nitrogens is 1. The van der Waals surface area contributed by atoms with Gasteiger partial charge in [0.15, 0.2) is 5.13 Å². The number of rotatable bonds is 5. The van der Waals surface area contributed by atoms with Gasteiger partial charge in [0, 0.05) is 36.6 Å². The molecule has 0 atom stereocenters. The van der Waals surface area contributed by atoms with Crippen LogP contribution in [0, 0.1) is 12.7 Å². The Hall–Kier alpha value is -2.73. The molecule has 0 fully saturated rings. The highest BCUT2D eigenvalue weighted by Crippen LogP contribution is 2.26. The Morgan fingerprint density at radius 1 is 1.19 bits per heavy atom. The molecule has 0 aliphatic heterocycles. The Morgan fingerprint density at radius 3 is 2.69 bits per heavy atom. The second kappa shape index (κ2) is 7.66. The Morgan fingerprint density at radius 2 is 1.96 bits per heavy atom. The van der Waals surface area contributed by atoms with Crippen molar-refractivity contribution >= 4 is 28.1 Å². The summed E-state index contributed by atoms with van der Waals surface area (Å²) in [5.41, 5.74) is 2.94. The molecule has 1 heterocycles. The third-order valence-corrected chi connectivity index (χ3v) is 5.12. The molecule has 6 heteroatoms. The molecule has 0 radical (unpaired) electrons. The fraction of sp³-hybridized carbons (Fsp3) is 0.200. The molecule has 0 saturated carbocycles. The van der Waals surface area contributed by atoms with Gasteiger partial charge in [0.1, 0.15) is 5.82 Å². The van der Waals surface area contributed by atoms with E-state index in [0.717, 1.165) is 16.3 Å². The Bertz CT molecular complexity index is 936. The first-order valence-electron chi connectivity index (χ1n) is 8.22. The molecule has 2 aromatic carbocycles. The van der Waals surface area contributed by atoms with Crippen molar-refractivity contribution in [3.8, 4) is 0 Å². The topological polar surface area (TPSA) is 45.2 Å². The third-order valence-electron chi connectivity index (χ3n) is 4.05. The first kappa shape index (κ1) is 18.1. The van der Waals surface area contributed by atoms with E-state index in [9.17, 15) is 9.18 Å². The van der Waals surface area contributed by atoms with Gasteiger partial charge in [-0.2, -0.15) is 0 Å². The average molecular weight is 369 g/mol. The zero-order valence-corrected chi connectivity index (χ0v) is 15.7. The highest BCUT2D eigenvalue weighted by molar-refractivity contribution is 7.15. The van der Waals surface area contributed by atoms with Crippen molar-refractivity contribution < 1.29 is 9.18 Å². The molecule has 4 nitrogen and oxygen atoms in total. The maximum atomic E-state index is 13.9. The first-order valence-corrected chi connectivity index (χ1v) is 9.04. The summed E-state index contributed by atoms with van der Waals surface area (Å²) in [7, 11) is 3.85. The molecule has 0 aliphatic carbocycles. The number of hydrogen-bond donors (Lipinski definition) is 1. The SMILES string of the molecule is Cc1nc(NC(=O)c2cccc(N(C)C)c2)sc1Cc1ccccc1F. The normalized spacial score (nSPS) is 10.6. The van der Waals surface area contributed by atoms with Gasteiger partial charge in [-0.25, -0.2) is 9.37 Å². The molecule has 1 aromatic heterocycles. The molecule has 1 amide bonds. The zero-order valence-electron chi connectivity index (χ0n) is 14.9. The fourth-order valence-electron chi connectivity index (χ4n) is 2.55. The molecule has 26 heavy (non-hydrogen) atoms. The van der Waals surface area contributed by atoms with Crippen LogP contribution in [0.25, 0.3) is 0 Å². The average Bonchev–Trinajstić information content (AvgIpc) is 2.96. The maximum absolute atomic E-state index is 13.9. The van der Waals surface area contributed by atoms with Crippen LogP contribution in [0.1, 0.15) is 26.5 Å². The molecule has 0 saturated heterocycles. The Labute approximate surface area is 156 Å². The van der Waals surface area contributed by atoms with Gasteiger partial charge in [-0.15, -0.1) is 11.3 Å². The second-order valence-corrected chi connectivity index (χ2v) is 7.28. The summed E-state index contributed by atoms with van der Waals surface area (Å²) < 4.78 is 13.9. The van der Waals surface area contributed by atoms with Crippen LogP contribution in [0.3, 0.4) is 0 Å².